The molecule has 0 spiro atoms. The van der Waals surface area contributed by atoms with Crippen molar-refractivity contribution in [3.63, 3.8) is 0 Å². The predicted molar refractivity (Wildman–Crippen MR) is 91.6 cm³/mol. The molecular weight excluding hydrogens is 286 g/mol. The van der Waals surface area contributed by atoms with Crippen LogP contribution in [0.3, 0.4) is 0 Å². The fourth-order valence-corrected chi connectivity index (χ4v) is 3.06. The highest BCUT2D eigenvalue weighted by Crippen LogP contribution is 2.20. The van der Waals surface area contributed by atoms with Crippen molar-refractivity contribution in [3.05, 3.63) is 53.0 Å². The van der Waals surface area contributed by atoms with E-state index in [1.54, 1.807) is 12.4 Å². The number of hydrogen-bond donors (Lipinski definition) is 0. The number of benzene rings is 1. The second-order valence-corrected chi connectivity index (χ2v) is 6.52. The molecule has 0 atom stereocenters. The third kappa shape index (κ3) is 4.29. The Labute approximate surface area is 138 Å². The van der Waals surface area contributed by atoms with E-state index in [4.69, 9.17) is 4.74 Å². The molecule has 0 N–H and O–H groups in total. The highest BCUT2D eigenvalue weighted by atomic mass is 16.5. The van der Waals surface area contributed by atoms with Crippen molar-refractivity contribution in [1.82, 2.24) is 14.9 Å². The highest BCUT2D eigenvalue weighted by molar-refractivity contribution is 5.30. The van der Waals surface area contributed by atoms with E-state index in [1.807, 2.05) is 6.92 Å². The van der Waals surface area contributed by atoms with Crippen LogP contribution < -0.4 is 4.74 Å². The number of aryl methyl sites for hydroxylation is 3. The van der Waals surface area contributed by atoms with Gasteiger partial charge in [0.05, 0.1) is 11.9 Å². The minimum atomic E-state index is 0.251. The lowest BCUT2D eigenvalue weighted by atomic mass is 10.0. The van der Waals surface area contributed by atoms with E-state index < -0.39 is 0 Å². The van der Waals surface area contributed by atoms with Gasteiger partial charge in [0.1, 0.15) is 6.10 Å². The maximum atomic E-state index is 5.98. The van der Waals surface area contributed by atoms with Crippen molar-refractivity contribution < 1.29 is 4.74 Å². The molecule has 0 saturated carbocycles. The Morgan fingerprint density at radius 3 is 2.65 bits per heavy atom. The molecule has 0 radical (unpaired) electrons. The molecule has 3 rings (SSSR count). The van der Waals surface area contributed by atoms with Crippen molar-refractivity contribution >= 4 is 0 Å². The summed E-state index contributed by atoms with van der Waals surface area (Å²) < 4.78 is 5.98. The minimum Gasteiger partial charge on any atom is -0.473 e. The molecule has 1 aliphatic rings. The zero-order valence-corrected chi connectivity index (χ0v) is 14.2. The first-order chi connectivity index (χ1) is 11.1. The summed E-state index contributed by atoms with van der Waals surface area (Å²) in [5, 5.41) is 0. The van der Waals surface area contributed by atoms with Crippen LogP contribution >= 0.6 is 0 Å². The average Bonchev–Trinajstić information content (AvgIpc) is 2.53. The van der Waals surface area contributed by atoms with Gasteiger partial charge in [0.25, 0.3) is 0 Å². The van der Waals surface area contributed by atoms with Gasteiger partial charge in [-0.05, 0) is 44.7 Å². The molecule has 4 heteroatoms. The maximum Gasteiger partial charge on any atom is 0.232 e. The molecule has 0 bridgehead atoms. The van der Waals surface area contributed by atoms with E-state index in [2.05, 4.69) is 46.9 Å². The summed E-state index contributed by atoms with van der Waals surface area (Å²) in [6.07, 6.45) is 5.79. The minimum absolute atomic E-state index is 0.251. The van der Waals surface area contributed by atoms with Crippen LogP contribution in [0.5, 0.6) is 5.88 Å². The van der Waals surface area contributed by atoms with Crippen molar-refractivity contribution in [1.29, 1.82) is 0 Å². The van der Waals surface area contributed by atoms with Crippen molar-refractivity contribution in [3.8, 4) is 5.88 Å². The molecule has 4 nitrogen and oxygen atoms in total. The molecule has 1 aliphatic heterocycles. The van der Waals surface area contributed by atoms with Crippen LogP contribution in [0.2, 0.25) is 0 Å². The van der Waals surface area contributed by atoms with E-state index in [9.17, 15) is 0 Å². The van der Waals surface area contributed by atoms with Gasteiger partial charge < -0.3 is 4.74 Å². The summed E-state index contributed by atoms with van der Waals surface area (Å²) in [4.78, 5) is 11.0. The van der Waals surface area contributed by atoms with E-state index in [0.29, 0.717) is 5.88 Å². The van der Waals surface area contributed by atoms with Crippen LogP contribution in [0.1, 0.15) is 35.2 Å². The number of likely N-dealkylation sites (tertiary alicyclic amines) is 1. The predicted octanol–water partition coefficient (Wildman–Crippen LogP) is 3.45. The van der Waals surface area contributed by atoms with Crippen LogP contribution in [-0.4, -0.2) is 34.1 Å². The number of aromatic nitrogens is 2. The maximum absolute atomic E-state index is 5.98. The van der Waals surface area contributed by atoms with Gasteiger partial charge in [-0.2, -0.15) is 0 Å². The van der Waals surface area contributed by atoms with Crippen LogP contribution in [-0.2, 0) is 6.54 Å². The SMILES string of the molecule is Cc1ccc(C)c(CN2CCC(Oc3cncc(C)n3)CC2)c1. The van der Waals surface area contributed by atoms with E-state index in [0.717, 1.165) is 38.2 Å². The number of nitrogens with zero attached hydrogens (tertiary/aromatic N) is 3. The van der Waals surface area contributed by atoms with Gasteiger partial charge >= 0.3 is 0 Å². The summed E-state index contributed by atoms with van der Waals surface area (Å²) in [5.74, 6) is 0.651. The van der Waals surface area contributed by atoms with Gasteiger partial charge in [-0.3, -0.25) is 9.88 Å². The molecule has 1 aromatic heterocycles. The lowest BCUT2D eigenvalue weighted by molar-refractivity contribution is 0.0926. The van der Waals surface area contributed by atoms with Crippen LogP contribution in [0.15, 0.2) is 30.6 Å². The van der Waals surface area contributed by atoms with Gasteiger partial charge in [0.15, 0.2) is 0 Å². The topological polar surface area (TPSA) is 38.2 Å². The zero-order valence-electron chi connectivity index (χ0n) is 14.2. The Balaban J connectivity index is 1.53. The molecule has 0 unspecified atom stereocenters. The Hall–Kier alpha value is -1.94. The molecule has 0 amide bonds. The van der Waals surface area contributed by atoms with E-state index in [1.165, 1.54) is 16.7 Å². The number of ether oxygens (including phenoxy) is 1. The molecule has 1 fully saturated rings. The summed E-state index contributed by atoms with van der Waals surface area (Å²) in [5.41, 5.74) is 5.05. The van der Waals surface area contributed by atoms with Crippen LogP contribution in [0, 0.1) is 20.8 Å². The monoisotopic (exact) mass is 311 g/mol. The Kier molecular flexibility index (Phi) is 4.91. The second-order valence-electron chi connectivity index (χ2n) is 6.52. The smallest absolute Gasteiger partial charge is 0.232 e. The molecule has 1 saturated heterocycles. The molecule has 0 aliphatic carbocycles. The summed E-state index contributed by atoms with van der Waals surface area (Å²) in [6, 6.07) is 6.71. The zero-order chi connectivity index (χ0) is 16.2. The van der Waals surface area contributed by atoms with Gasteiger partial charge in [-0.25, -0.2) is 4.98 Å². The molecule has 23 heavy (non-hydrogen) atoms. The molecule has 122 valence electrons. The lowest BCUT2D eigenvalue weighted by Crippen LogP contribution is -2.38. The largest absolute Gasteiger partial charge is 0.473 e. The van der Waals surface area contributed by atoms with Gasteiger partial charge in [-0.1, -0.05) is 23.8 Å². The summed E-state index contributed by atoms with van der Waals surface area (Å²) in [7, 11) is 0. The Morgan fingerprint density at radius 1 is 1.13 bits per heavy atom. The average molecular weight is 311 g/mol. The van der Waals surface area contributed by atoms with Gasteiger partial charge in [-0.15, -0.1) is 0 Å². The fourth-order valence-electron chi connectivity index (χ4n) is 3.06. The second kappa shape index (κ2) is 7.09. The van der Waals surface area contributed by atoms with Gasteiger partial charge in [0.2, 0.25) is 5.88 Å². The van der Waals surface area contributed by atoms with Crippen molar-refractivity contribution in [2.75, 3.05) is 13.1 Å². The van der Waals surface area contributed by atoms with E-state index in [-0.39, 0.29) is 6.10 Å². The van der Waals surface area contributed by atoms with Crippen molar-refractivity contribution in [2.24, 2.45) is 0 Å². The first-order valence-electron chi connectivity index (χ1n) is 8.34. The third-order valence-corrected chi connectivity index (χ3v) is 4.45. The molecule has 2 aromatic rings. The van der Waals surface area contributed by atoms with Crippen molar-refractivity contribution in [2.45, 2.75) is 46.3 Å². The Bertz CT molecular complexity index is 663. The lowest BCUT2D eigenvalue weighted by Gasteiger charge is -2.32. The number of rotatable bonds is 4. The highest BCUT2D eigenvalue weighted by Gasteiger charge is 2.21. The van der Waals surface area contributed by atoms with E-state index >= 15 is 0 Å². The standard InChI is InChI=1S/C19H25N3O/c1-14-4-5-15(2)17(10-14)13-22-8-6-18(7-9-22)23-19-12-20-11-16(3)21-19/h4-5,10-12,18H,6-9,13H2,1-3H3. The Morgan fingerprint density at radius 2 is 1.91 bits per heavy atom. The molecular formula is C19H25N3O. The van der Waals surface area contributed by atoms with Crippen LogP contribution in [0.25, 0.3) is 0 Å². The number of hydrogen-bond acceptors (Lipinski definition) is 4. The molecule has 1 aromatic carbocycles. The quantitative estimate of drug-likeness (QED) is 0.867. The number of piperidine rings is 1. The van der Waals surface area contributed by atoms with Crippen LogP contribution in [0.4, 0.5) is 0 Å². The summed E-state index contributed by atoms with van der Waals surface area (Å²) >= 11 is 0. The summed E-state index contributed by atoms with van der Waals surface area (Å²) in [6.45, 7) is 9.46. The molecule has 2 heterocycles. The third-order valence-electron chi connectivity index (χ3n) is 4.45. The first-order valence-corrected chi connectivity index (χ1v) is 8.34. The van der Waals surface area contributed by atoms with Gasteiger partial charge in [0, 0.05) is 25.8 Å². The fraction of sp³-hybridized carbons (Fsp3) is 0.474. The normalized spacial score (nSPS) is 16.5. The first kappa shape index (κ1) is 15.9.